The van der Waals surface area contributed by atoms with Crippen molar-refractivity contribution in [1.82, 2.24) is 0 Å². The van der Waals surface area contributed by atoms with Crippen molar-refractivity contribution in [2.45, 2.75) is 99.1 Å². The van der Waals surface area contributed by atoms with Crippen LogP contribution in [0.3, 0.4) is 0 Å². The van der Waals surface area contributed by atoms with Crippen LogP contribution in [0.25, 0.3) is 0 Å². The molecule has 0 spiro atoms. The molecule has 0 amide bonds. The lowest BCUT2D eigenvalue weighted by Crippen LogP contribution is -2.46. The van der Waals surface area contributed by atoms with Gasteiger partial charge < -0.3 is 19.0 Å². The topological polar surface area (TPSA) is 82.1 Å². The standard InChI is InChI=1S/C24H44O6Si/c1-16-17(30-31(11,12)23(8,9)10)13-18(29-20(27)22(5,6)7)24(16,14-25)15-28-19(26)21(2,3)4/h17-18,25H,1,13-15H2,2-12H3/t17-,18+,24+/m1/s1. The Hall–Kier alpha value is -1.18. The third-order valence-electron chi connectivity index (χ3n) is 6.53. The van der Waals surface area contributed by atoms with E-state index in [1.165, 1.54) is 0 Å². The van der Waals surface area contributed by atoms with Crippen LogP contribution in [0.5, 0.6) is 0 Å². The summed E-state index contributed by atoms with van der Waals surface area (Å²) in [5.74, 6) is -0.763. The lowest BCUT2D eigenvalue weighted by Gasteiger charge is -2.39. The Kier molecular flexibility index (Phi) is 8.07. The molecule has 31 heavy (non-hydrogen) atoms. The number of rotatable bonds is 6. The van der Waals surface area contributed by atoms with Crippen molar-refractivity contribution < 1.29 is 28.6 Å². The summed E-state index contributed by atoms with van der Waals surface area (Å²) in [6.45, 7) is 25.2. The summed E-state index contributed by atoms with van der Waals surface area (Å²) in [7, 11) is -2.16. The quantitative estimate of drug-likeness (QED) is 0.349. The molecule has 1 fully saturated rings. The van der Waals surface area contributed by atoms with E-state index in [2.05, 4.69) is 40.4 Å². The second-order valence-corrected chi connectivity index (χ2v) is 17.2. The maximum absolute atomic E-state index is 12.7. The van der Waals surface area contributed by atoms with E-state index in [0.717, 1.165) is 0 Å². The Labute approximate surface area is 189 Å². The van der Waals surface area contributed by atoms with E-state index in [1.54, 1.807) is 41.5 Å². The van der Waals surface area contributed by atoms with Crippen molar-refractivity contribution in [3.63, 3.8) is 0 Å². The molecule has 7 heteroatoms. The zero-order valence-electron chi connectivity index (χ0n) is 21.5. The molecule has 0 unspecified atom stereocenters. The maximum Gasteiger partial charge on any atom is 0.311 e. The summed E-state index contributed by atoms with van der Waals surface area (Å²) in [5.41, 5.74) is -1.88. The lowest BCUT2D eigenvalue weighted by atomic mass is 9.82. The molecule has 1 rings (SSSR count). The van der Waals surface area contributed by atoms with Gasteiger partial charge in [-0.25, -0.2) is 0 Å². The van der Waals surface area contributed by atoms with Gasteiger partial charge in [0.1, 0.15) is 12.7 Å². The molecule has 0 aromatic heterocycles. The molecule has 3 atom stereocenters. The Morgan fingerprint density at radius 1 is 1.03 bits per heavy atom. The van der Waals surface area contributed by atoms with E-state index in [1.807, 2.05) is 0 Å². The molecule has 0 aliphatic heterocycles. The van der Waals surface area contributed by atoms with Gasteiger partial charge in [0.2, 0.25) is 0 Å². The van der Waals surface area contributed by atoms with Gasteiger partial charge in [-0.15, -0.1) is 0 Å². The third kappa shape index (κ3) is 6.20. The number of hydrogen-bond donors (Lipinski definition) is 1. The molecular weight excluding hydrogens is 412 g/mol. The average molecular weight is 457 g/mol. The van der Waals surface area contributed by atoms with Crippen molar-refractivity contribution in [3.05, 3.63) is 12.2 Å². The molecule has 1 aliphatic rings. The van der Waals surface area contributed by atoms with Gasteiger partial charge in [-0.1, -0.05) is 27.4 Å². The number of aliphatic hydroxyl groups is 1. The monoisotopic (exact) mass is 456 g/mol. The zero-order valence-corrected chi connectivity index (χ0v) is 22.5. The highest BCUT2D eigenvalue weighted by Gasteiger charge is 2.56. The number of carbonyl (C=O) groups is 2. The molecule has 0 aromatic carbocycles. The van der Waals surface area contributed by atoms with Crippen LogP contribution in [0.1, 0.15) is 68.7 Å². The van der Waals surface area contributed by atoms with E-state index >= 15 is 0 Å². The van der Waals surface area contributed by atoms with Crippen LogP contribution < -0.4 is 0 Å². The van der Waals surface area contributed by atoms with Gasteiger partial charge in [-0.2, -0.15) is 0 Å². The summed E-state index contributed by atoms with van der Waals surface area (Å²) in [6, 6.07) is 0. The van der Waals surface area contributed by atoms with Gasteiger partial charge in [0.25, 0.3) is 0 Å². The first-order valence-corrected chi connectivity index (χ1v) is 14.0. The number of carbonyl (C=O) groups excluding carboxylic acids is 2. The van der Waals surface area contributed by atoms with E-state index in [9.17, 15) is 14.7 Å². The predicted molar refractivity (Wildman–Crippen MR) is 125 cm³/mol. The summed E-state index contributed by atoms with van der Waals surface area (Å²) >= 11 is 0. The fraction of sp³-hybridized carbons (Fsp3) is 0.833. The van der Waals surface area contributed by atoms with Crippen molar-refractivity contribution in [2.75, 3.05) is 13.2 Å². The summed E-state index contributed by atoms with van der Waals surface area (Å²) < 4.78 is 18.1. The first kappa shape index (κ1) is 27.9. The third-order valence-corrected chi connectivity index (χ3v) is 11.0. The van der Waals surface area contributed by atoms with Gasteiger partial charge >= 0.3 is 11.9 Å². The van der Waals surface area contributed by atoms with Crippen molar-refractivity contribution in [2.24, 2.45) is 16.2 Å². The fourth-order valence-corrected chi connectivity index (χ4v) is 4.36. The van der Waals surface area contributed by atoms with Gasteiger partial charge in [0.15, 0.2) is 8.32 Å². The smallest absolute Gasteiger partial charge is 0.311 e. The normalized spacial score (nSPS) is 25.5. The van der Waals surface area contributed by atoms with Crippen LogP contribution in [0.4, 0.5) is 0 Å². The van der Waals surface area contributed by atoms with E-state index in [4.69, 9.17) is 13.9 Å². The molecule has 1 N–H and O–H groups in total. The largest absolute Gasteiger partial charge is 0.464 e. The van der Waals surface area contributed by atoms with Crippen LogP contribution in [-0.2, 0) is 23.5 Å². The van der Waals surface area contributed by atoms with Crippen LogP contribution in [0, 0.1) is 16.2 Å². The lowest BCUT2D eigenvalue weighted by molar-refractivity contribution is -0.171. The van der Waals surface area contributed by atoms with Crippen molar-refractivity contribution in [1.29, 1.82) is 0 Å². The predicted octanol–water partition coefficient (Wildman–Crippen LogP) is 4.86. The van der Waals surface area contributed by atoms with E-state index in [-0.39, 0.29) is 36.3 Å². The fourth-order valence-electron chi connectivity index (χ4n) is 3.05. The minimum absolute atomic E-state index is 0.0198. The van der Waals surface area contributed by atoms with Gasteiger partial charge in [0, 0.05) is 6.42 Å². The minimum Gasteiger partial charge on any atom is -0.464 e. The summed E-state index contributed by atoms with van der Waals surface area (Å²) in [5, 5.41) is 10.5. The van der Waals surface area contributed by atoms with Crippen LogP contribution in [0.15, 0.2) is 12.2 Å². The number of aliphatic hydroxyl groups excluding tert-OH is 1. The minimum atomic E-state index is -2.16. The molecule has 1 saturated carbocycles. The van der Waals surface area contributed by atoms with Gasteiger partial charge in [-0.3, -0.25) is 9.59 Å². The summed E-state index contributed by atoms with van der Waals surface area (Å²) in [4.78, 5) is 25.2. The second-order valence-electron chi connectivity index (χ2n) is 12.4. The van der Waals surface area contributed by atoms with Gasteiger partial charge in [0.05, 0.1) is 29.0 Å². The highest BCUT2D eigenvalue weighted by atomic mass is 28.4. The Morgan fingerprint density at radius 3 is 1.90 bits per heavy atom. The number of hydrogen-bond acceptors (Lipinski definition) is 6. The van der Waals surface area contributed by atoms with Crippen LogP contribution >= 0.6 is 0 Å². The van der Waals surface area contributed by atoms with E-state index in [0.29, 0.717) is 12.0 Å². The zero-order chi connectivity index (χ0) is 24.6. The molecule has 6 nitrogen and oxygen atoms in total. The Balaban J connectivity index is 3.30. The molecule has 0 aromatic rings. The molecular formula is C24H44O6Si. The molecule has 0 heterocycles. The molecule has 1 aliphatic carbocycles. The maximum atomic E-state index is 12.7. The van der Waals surface area contributed by atoms with Crippen LogP contribution in [0.2, 0.25) is 18.1 Å². The summed E-state index contributed by atoms with van der Waals surface area (Å²) in [6.07, 6.45) is -0.709. The highest BCUT2D eigenvalue weighted by Crippen LogP contribution is 2.49. The first-order chi connectivity index (χ1) is 13.7. The number of esters is 2. The molecule has 0 saturated heterocycles. The second kappa shape index (κ2) is 8.98. The molecule has 180 valence electrons. The van der Waals surface area contributed by atoms with E-state index < -0.39 is 30.7 Å². The van der Waals surface area contributed by atoms with Crippen molar-refractivity contribution >= 4 is 20.3 Å². The SMILES string of the molecule is C=C1[C@H](O[Si](C)(C)C(C)(C)C)C[C@H](OC(=O)C(C)(C)C)[C@@]1(CO)COC(=O)C(C)(C)C. The highest BCUT2D eigenvalue weighted by molar-refractivity contribution is 6.74. The number of ether oxygens (including phenoxy) is 2. The first-order valence-electron chi connectivity index (χ1n) is 11.1. The van der Waals surface area contributed by atoms with Gasteiger partial charge in [-0.05, 0) is 65.2 Å². The van der Waals surface area contributed by atoms with Crippen LogP contribution in [-0.4, -0.2) is 50.8 Å². The molecule has 0 radical (unpaired) electrons. The Bertz CT molecular complexity index is 692. The van der Waals surface area contributed by atoms with Crippen molar-refractivity contribution in [3.8, 4) is 0 Å². The molecule has 0 bridgehead atoms. The Morgan fingerprint density at radius 2 is 1.52 bits per heavy atom. The average Bonchev–Trinajstić information content (AvgIpc) is 2.81.